The van der Waals surface area contributed by atoms with Gasteiger partial charge < -0.3 is 4.74 Å². The Morgan fingerprint density at radius 2 is 1.50 bits per heavy atom. The topological polar surface area (TPSA) is 9.23 Å². The van der Waals surface area contributed by atoms with Crippen molar-refractivity contribution in [1.29, 1.82) is 0 Å². The summed E-state index contributed by atoms with van der Waals surface area (Å²) in [5, 5.41) is 0. The highest BCUT2D eigenvalue weighted by Crippen LogP contribution is 2.53. The van der Waals surface area contributed by atoms with Crippen LogP contribution in [0.3, 0.4) is 0 Å². The fraction of sp³-hybridized carbons (Fsp3) is 1.00. The van der Waals surface area contributed by atoms with Crippen LogP contribution in [-0.2, 0) is 4.74 Å². The lowest BCUT2D eigenvalue weighted by atomic mass is 9.56. The van der Waals surface area contributed by atoms with Gasteiger partial charge in [0.2, 0.25) is 0 Å². The number of hydrogen-bond acceptors (Lipinski definition) is 1. The SMILES string of the molecule is CCCCCO[C@@H]1CCC2C(CCC3C[C@H](CC)CCC32)C1. The minimum absolute atomic E-state index is 0.599. The molecule has 3 saturated carbocycles. The Morgan fingerprint density at radius 1 is 0.773 bits per heavy atom. The van der Waals surface area contributed by atoms with Crippen molar-refractivity contribution < 1.29 is 4.74 Å². The van der Waals surface area contributed by atoms with Gasteiger partial charge in [0, 0.05) is 6.61 Å². The van der Waals surface area contributed by atoms with E-state index in [0.717, 1.165) is 36.2 Å². The quantitative estimate of drug-likeness (QED) is 0.530. The second kappa shape index (κ2) is 8.18. The molecule has 3 aliphatic rings. The molecule has 22 heavy (non-hydrogen) atoms. The molecule has 3 fully saturated rings. The van der Waals surface area contributed by atoms with Crippen LogP contribution < -0.4 is 0 Å². The van der Waals surface area contributed by atoms with Crippen molar-refractivity contribution in [1.82, 2.24) is 0 Å². The highest BCUT2D eigenvalue weighted by molar-refractivity contribution is 4.94. The Bertz CT molecular complexity index is 326. The van der Waals surface area contributed by atoms with Gasteiger partial charge in [0.15, 0.2) is 0 Å². The molecular formula is C21H38O. The number of ether oxygens (including phenoxy) is 1. The average molecular weight is 307 g/mol. The summed E-state index contributed by atoms with van der Waals surface area (Å²) in [6.45, 7) is 5.69. The van der Waals surface area contributed by atoms with E-state index >= 15 is 0 Å². The first-order valence-corrected chi connectivity index (χ1v) is 10.4. The second-order valence-corrected chi connectivity index (χ2v) is 8.53. The maximum absolute atomic E-state index is 6.20. The average Bonchev–Trinajstić information content (AvgIpc) is 2.57. The Kier molecular flexibility index (Phi) is 6.24. The molecule has 0 aromatic carbocycles. The molecule has 6 atom stereocenters. The molecule has 1 heteroatoms. The van der Waals surface area contributed by atoms with E-state index in [-0.39, 0.29) is 0 Å². The molecule has 4 unspecified atom stereocenters. The number of unbranched alkanes of at least 4 members (excludes halogenated alkanes) is 2. The molecule has 128 valence electrons. The van der Waals surface area contributed by atoms with E-state index in [4.69, 9.17) is 4.74 Å². The van der Waals surface area contributed by atoms with Crippen molar-refractivity contribution in [2.45, 2.75) is 97.0 Å². The molecule has 0 aromatic heterocycles. The van der Waals surface area contributed by atoms with Crippen molar-refractivity contribution in [3.8, 4) is 0 Å². The zero-order chi connectivity index (χ0) is 15.4. The first kappa shape index (κ1) is 16.8. The first-order valence-electron chi connectivity index (χ1n) is 10.4. The van der Waals surface area contributed by atoms with E-state index in [0.29, 0.717) is 6.10 Å². The van der Waals surface area contributed by atoms with Crippen LogP contribution in [0.15, 0.2) is 0 Å². The standard InChI is InChI=1S/C21H38O/c1-3-5-6-13-22-19-10-12-21-18(15-19)9-8-17-14-16(4-2)7-11-20(17)21/h16-21H,3-15H2,1-2H3/t16-,17?,18?,19-,20?,21?/m1/s1. The van der Waals surface area contributed by atoms with Gasteiger partial charge in [-0.2, -0.15) is 0 Å². The number of rotatable bonds is 6. The highest BCUT2D eigenvalue weighted by atomic mass is 16.5. The molecule has 0 N–H and O–H groups in total. The summed E-state index contributed by atoms with van der Waals surface area (Å²) >= 11 is 0. The minimum atomic E-state index is 0.599. The van der Waals surface area contributed by atoms with Gasteiger partial charge in [0.1, 0.15) is 0 Å². The molecule has 0 amide bonds. The maximum atomic E-state index is 6.20. The Hall–Kier alpha value is -0.0400. The van der Waals surface area contributed by atoms with Crippen molar-refractivity contribution in [3.05, 3.63) is 0 Å². The largest absolute Gasteiger partial charge is 0.378 e. The lowest BCUT2D eigenvalue weighted by Gasteiger charge is -2.50. The van der Waals surface area contributed by atoms with E-state index in [1.165, 1.54) is 64.2 Å². The Morgan fingerprint density at radius 3 is 2.23 bits per heavy atom. The third kappa shape index (κ3) is 3.89. The Balaban J connectivity index is 1.47. The molecule has 0 saturated heterocycles. The fourth-order valence-corrected chi connectivity index (χ4v) is 5.97. The third-order valence-corrected chi connectivity index (χ3v) is 7.28. The summed E-state index contributed by atoms with van der Waals surface area (Å²) in [4.78, 5) is 0. The maximum Gasteiger partial charge on any atom is 0.0578 e. The molecule has 1 nitrogen and oxygen atoms in total. The zero-order valence-electron chi connectivity index (χ0n) is 15.1. The molecule has 3 rings (SSSR count). The van der Waals surface area contributed by atoms with Gasteiger partial charge >= 0.3 is 0 Å². The van der Waals surface area contributed by atoms with Crippen molar-refractivity contribution in [3.63, 3.8) is 0 Å². The monoisotopic (exact) mass is 306 g/mol. The van der Waals surface area contributed by atoms with Gasteiger partial charge in [-0.3, -0.25) is 0 Å². The lowest BCUT2D eigenvalue weighted by Crippen LogP contribution is -2.42. The summed E-state index contributed by atoms with van der Waals surface area (Å²) in [6, 6.07) is 0. The zero-order valence-corrected chi connectivity index (χ0v) is 15.1. The molecule has 0 heterocycles. The van der Waals surface area contributed by atoms with Gasteiger partial charge in [0.25, 0.3) is 0 Å². The number of hydrogen-bond donors (Lipinski definition) is 0. The van der Waals surface area contributed by atoms with Crippen LogP contribution in [0, 0.1) is 29.6 Å². The van der Waals surface area contributed by atoms with Crippen molar-refractivity contribution in [2.24, 2.45) is 29.6 Å². The first-order chi connectivity index (χ1) is 10.8. The second-order valence-electron chi connectivity index (χ2n) is 8.53. The summed E-state index contributed by atoms with van der Waals surface area (Å²) in [5.74, 6) is 5.29. The van der Waals surface area contributed by atoms with Crippen LogP contribution in [0.5, 0.6) is 0 Å². The van der Waals surface area contributed by atoms with E-state index in [2.05, 4.69) is 13.8 Å². The summed E-state index contributed by atoms with van der Waals surface area (Å²) in [6.07, 6.45) is 17.8. The van der Waals surface area contributed by atoms with E-state index < -0.39 is 0 Å². The van der Waals surface area contributed by atoms with Crippen LogP contribution in [0.2, 0.25) is 0 Å². The molecule has 0 spiro atoms. The minimum Gasteiger partial charge on any atom is -0.378 e. The van der Waals surface area contributed by atoms with Gasteiger partial charge in [-0.15, -0.1) is 0 Å². The van der Waals surface area contributed by atoms with E-state index in [1.807, 2.05) is 0 Å². The fourth-order valence-electron chi connectivity index (χ4n) is 5.97. The normalized spacial score (nSPS) is 41.7. The van der Waals surface area contributed by atoms with Gasteiger partial charge in [-0.1, -0.05) is 39.5 Å². The van der Waals surface area contributed by atoms with Crippen LogP contribution in [0.25, 0.3) is 0 Å². The molecule has 0 aromatic rings. The predicted octanol–water partition coefficient (Wildman–Crippen LogP) is 6.21. The highest BCUT2D eigenvalue weighted by Gasteiger charge is 2.44. The molecule has 0 radical (unpaired) electrons. The summed E-state index contributed by atoms with van der Waals surface area (Å²) < 4.78 is 6.20. The molecule has 3 aliphatic carbocycles. The van der Waals surface area contributed by atoms with Crippen LogP contribution in [0.1, 0.15) is 90.9 Å². The van der Waals surface area contributed by atoms with Crippen molar-refractivity contribution in [2.75, 3.05) is 6.61 Å². The third-order valence-electron chi connectivity index (χ3n) is 7.28. The molecule has 0 aliphatic heterocycles. The van der Waals surface area contributed by atoms with Crippen molar-refractivity contribution >= 4 is 0 Å². The van der Waals surface area contributed by atoms with Gasteiger partial charge in [-0.05, 0) is 81.0 Å². The molecule has 0 bridgehead atoms. The van der Waals surface area contributed by atoms with Crippen LogP contribution in [-0.4, -0.2) is 12.7 Å². The van der Waals surface area contributed by atoms with Gasteiger partial charge in [-0.25, -0.2) is 0 Å². The van der Waals surface area contributed by atoms with E-state index in [9.17, 15) is 0 Å². The molecular weight excluding hydrogens is 268 g/mol. The number of fused-ring (bicyclic) bond motifs is 3. The van der Waals surface area contributed by atoms with Crippen LogP contribution >= 0.6 is 0 Å². The Labute approximate surface area is 138 Å². The van der Waals surface area contributed by atoms with Crippen LogP contribution in [0.4, 0.5) is 0 Å². The lowest BCUT2D eigenvalue weighted by molar-refractivity contribution is -0.0536. The van der Waals surface area contributed by atoms with E-state index in [1.54, 1.807) is 12.8 Å². The predicted molar refractivity (Wildman–Crippen MR) is 93.9 cm³/mol. The summed E-state index contributed by atoms with van der Waals surface area (Å²) in [5.41, 5.74) is 0. The smallest absolute Gasteiger partial charge is 0.0578 e. The summed E-state index contributed by atoms with van der Waals surface area (Å²) in [7, 11) is 0. The van der Waals surface area contributed by atoms with Gasteiger partial charge in [0.05, 0.1) is 6.10 Å².